The maximum atomic E-state index is 12.6. The third-order valence-corrected chi connectivity index (χ3v) is 15.2. The molecule has 3 radical (unpaired) electrons. The zero-order valence-corrected chi connectivity index (χ0v) is 38.9. The van der Waals surface area contributed by atoms with Crippen LogP contribution < -0.4 is 29.6 Å². The second-order valence-electron chi connectivity index (χ2n) is 14.9. The van der Waals surface area contributed by atoms with Gasteiger partial charge in [-0.1, -0.05) is 68.2 Å². The Balaban J connectivity index is 0.000000565. The van der Waals surface area contributed by atoms with Crippen molar-refractivity contribution in [3.63, 3.8) is 0 Å². The Labute approximate surface area is 402 Å². The van der Waals surface area contributed by atoms with Crippen molar-refractivity contribution < 1.29 is 59.5 Å². The summed E-state index contributed by atoms with van der Waals surface area (Å²) in [6.45, 7) is 7.78. The van der Waals surface area contributed by atoms with E-state index in [0.717, 1.165) is 111 Å². The van der Waals surface area contributed by atoms with Crippen LogP contribution in [-0.4, -0.2) is 57.3 Å². The number of nitrogens with zero attached hydrogens (tertiary/aromatic N) is 4. The first kappa shape index (κ1) is 54.5. The Bertz CT molecular complexity index is 2330. The van der Waals surface area contributed by atoms with Crippen molar-refractivity contribution in [2.75, 3.05) is 0 Å². The summed E-state index contributed by atoms with van der Waals surface area (Å²) in [5.41, 5.74) is 8.14. The van der Waals surface area contributed by atoms with Gasteiger partial charge in [-0.25, -0.2) is 9.97 Å². The van der Waals surface area contributed by atoms with Crippen LogP contribution in [0.4, 0.5) is 0 Å². The number of fused-ring (bicyclic) bond motifs is 2. The van der Waals surface area contributed by atoms with E-state index < -0.39 is 0 Å². The van der Waals surface area contributed by atoms with Gasteiger partial charge in [0.25, 0.3) is 0 Å². The smallest absolute Gasteiger partial charge is 1.00 e. The molecule has 0 aliphatic heterocycles. The molecule has 61 heavy (non-hydrogen) atoms. The van der Waals surface area contributed by atoms with E-state index >= 15 is 0 Å². The molecule has 4 aromatic heterocycles. The molecule has 4 heterocycles. The van der Waals surface area contributed by atoms with Crippen molar-refractivity contribution in [1.29, 1.82) is 0 Å². The molecule has 2 fully saturated rings. The van der Waals surface area contributed by atoms with Gasteiger partial charge in [0, 0.05) is 68.6 Å². The number of carbonyl (C=O) groups is 3. The Morgan fingerprint density at radius 2 is 1.11 bits per heavy atom. The number of hydrogen-bond donors (Lipinski definition) is 1. The van der Waals surface area contributed by atoms with Gasteiger partial charge in [0.05, 0.1) is 37.9 Å². The van der Waals surface area contributed by atoms with Crippen LogP contribution in [0.3, 0.4) is 0 Å². The minimum Gasteiger partial charge on any atom is -1.00 e. The molecule has 16 heteroatoms. The minimum absolute atomic E-state index is 0. The summed E-state index contributed by atoms with van der Waals surface area (Å²) >= 11 is 6.69. The number of hydrogen-bond acceptors (Lipinski definition) is 14. The van der Waals surface area contributed by atoms with E-state index in [-0.39, 0.29) is 91.2 Å². The standard InChI is InChI=1S/C21H24N2O3S2.C21H22N2O3S2.3CH4.B.Na.H/c2*1-12-17(13(2)26-23-12)11-27-21-22-18-8-3-14(10-20(18)28-21)9-19(25)15-4-6-16(24)7-5-15;;;;;;/h3,8,10,15-16,24H,4-7,9,11H2,1-2H3;3,8,10,15H,4-7,9,11H2,1-2H3;3*1H4;;;/q;;;;;;+1;-1. The van der Waals surface area contributed by atoms with Crippen LogP contribution in [0.25, 0.3) is 20.4 Å². The number of aliphatic hydroxyl groups is 1. The molecule has 2 aliphatic rings. The summed E-state index contributed by atoms with van der Waals surface area (Å²) in [7, 11) is 0. The fourth-order valence-electron chi connectivity index (χ4n) is 7.27. The van der Waals surface area contributed by atoms with Gasteiger partial charge >= 0.3 is 29.6 Å². The molecular weight excluding hydrogens is 855 g/mol. The fraction of sp³-hybridized carbons (Fsp3) is 0.489. The largest absolute Gasteiger partial charge is 1.00 e. The SMILES string of the molecule is C.C.C.Cc1noc(C)c1CSc1nc2ccc(CC(=O)C3CCC(=O)CC3)cc2s1.Cc1noc(C)c1CSc1nc2ccc(CC(=O)C3CCC(O)CC3)cc2s1.[B].[H-].[Na+]. The van der Waals surface area contributed by atoms with Gasteiger partial charge in [-0.05, 0) is 102 Å². The van der Waals surface area contributed by atoms with Crippen molar-refractivity contribution in [1.82, 2.24) is 20.3 Å². The first-order valence-corrected chi connectivity index (χ1v) is 22.7. The Morgan fingerprint density at radius 1 is 0.705 bits per heavy atom. The van der Waals surface area contributed by atoms with Crippen molar-refractivity contribution >= 4 is 92.4 Å². The van der Waals surface area contributed by atoms with E-state index in [4.69, 9.17) is 19.0 Å². The molecule has 0 atom stereocenters. The molecule has 6 aromatic rings. The van der Waals surface area contributed by atoms with Crippen molar-refractivity contribution in [2.24, 2.45) is 11.8 Å². The number of ketones is 3. The molecule has 1 N–H and O–H groups in total. The first-order chi connectivity index (χ1) is 27.0. The summed E-state index contributed by atoms with van der Waals surface area (Å²) < 4.78 is 14.7. The van der Waals surface area contributed by atoms with Crippen LogP contribution in [0.5, 0.6) is 0 Å². The number of benzene rings is 2. The van der Waals surface area contributed by atoms with Gasteiger partial charge in [-0.3, -0.25) is 14.4 Å². The van der Waals surface area contributed by atoms with Gasteiger partial charge in [-0.15, -0.1) is 22.7 Å². The van der Waals surface area contributed by atoms with Crippen LogP contribution in [0.1, 0.15) is 120 Å². The van der Waals surface area contributed by atoms with Gasteiger partial charge in [0.1, 0.15) is 28.9 Å². The summed E-state index contributed by atoms with van der Waals surface area (Å²) in [6.07, 6.45) is 6.32. The summed E-state index contributed by atoms with van der Waals surface area (Å²) in [5, 5.41) is 17.6. The van der Waals surface area contributed by atoms with Gasteiger partial charge < -0.3 is 15.6 Å². The van der Waals surface area contributed by atoms with Crippen LogP contribution >= 0.6 is 46.2 Å². The fourth-order valence-corrected chi connectivity index (χ4v) is 11.8. The maximum Gasteiger partial charge on any atom is 1.00 e. The number of carbonyl (C=O) groups excluding carboxylic acids is 3. The first-order valence-electron chi connectivity index (χ1n) is 19.1. The Kier molecular flexibility index (Phi) is 22.4. The molecule has 0 amide bonds. The van der Waals surface area contributed by atoms with E-state index in [1.54, 1.807) is 46.2 Å². The van der Waals surface area contributed by atoms with Crippen LogP contribution in [-0.2, 0) is 38.7 Å². The summed E-state index contributed by atoms with van der Waals surface area (Å²) in [6, 6.07) is 12.2. The van der Waals surface area contributed by atoms with Crippen molar-refractivity contribution in [3.05, 3.63) is 81.6 Å². The maximum absolute atomic E-state index is 12.6. The number of thiazole rings is 2. The molecule has 0 saturated heterocycles. The molecule has 8 rings (SSSR count). The topological polar surface area (TPSA) is 149 Å². The van der Waals surface area contributed by atoms with E-state index in [1.165, 1.54) is 0 Å². The molecule has 2 aromatic carbocycles. The molecule has 2 saturated carbocycles. The van der Waals surface area contributed by atoms with Crippen LogP contribution in [0.2, 0.25) is 0 Å². The molecule has 323 valence electrons. The third kappa shape index (κ3) is 14.2. The molecular formula is C45H59BN4NaO6S4. The van der Waals surface area contributed by atoms with E-state index in [2.05, 4.69) is 22.4 Å². The van der Waals surface area contributed by atoms with Crippen LogP contribution in [0, 0.1) is 39.5 Å². The van der Waals surface area contributed by atoms with Crippen molar-refractivity contribution in [3.8, 4) is 0 Å². The van der Waals surface area contributed by atoms with E-state index in [0.29, 0.717) is 44.3 Å². The molecule has 0 bridgehead atoms. The van der Waals surface area contributed by atoms with Gasteiger partial charge in [0.15, 0.2) is 8.68 Å². The Morgan fingerprint density at radius 3 is 1.51 bits per heavy atom. The molecule has 2 aliphatic carbocycles. The average molecular weight is 914 g/mol. The number of aliphatic hydroxyl groups excluding tert-OH is 1. The van der Waals surface area contributed by atoms with Gasteiger partial charge in [0.2, 0.25) is 0 Å². The number of aromatic nitrogens is 4. The second-order valence-corrected chi connectivity index (χ2v) is 19.4. The van der Waals surface area contributed by atoms with Crippen molar-refractivity contribution in [2.45, 2.75) is 140 Å². The summed E-state index contributed by atoms with van der Waals surface area (Å²) in [5.74, 6) is 4.27. The monoisotopic (exact) mass is 913 g/mol. The zero-order valence-electron chi connectivity index (χ0n) is 34.7. The predicted molar refractivity (Wildman–Crippen MR) is 250 cm³/mol. The quantitative estimate of drug-likeness (QED) is 0.0926. The van der Waals surface area contributed by atoms with E-state index in [9.17, 15) is 19.5 Å². The minimum atomic E-state index is -0.223. The number of Topliss-reactive ketones (excluding diaryl/α,β-unsaturated/α-hetero) is 3. The van der Waals surface area contributed by atoms with E-state index in [1.807, 2.05) is 52.0 Å². The van der Waals surface area contributed by atoms with Crippen LogP contribution in [0.15, 0.2) is 54.1 Å². The summed E-state index contributed by atoms with van der Waals surface area (Å²) in [4.78, 5) is 46.0. The predicted octanol–water partition coefficient (Wildman–Crippen LogP) is 8.56. The average Bonchev–Trinajstić information content (AvgIpc) is 3.95. The molecule has 10 nitrogen and oxygen atoms in total. The van der Waals surface area contributed by atoms with Gasteiger partial charge in [-0.2, -0.15) is 0 Å². The number of thioether (sulfide) groups is 2. The third-order valence-electron chi connectivity index (χ3n) is 10.8. The molecule has 0 unspecified atom stereocenters. The Hall–Kier alpha value is -2.63. The zero-order chi connectivity index (χ0) is 39.3. The number of rotatable bonds is 12. The second kappa shape index (κ2) is 25.0. The normalized spacial score (nSPS) is 16.2. The molecule has 0 spiro atoms. The number of aryl methyl sites for hydroxylation is 4.